The third kappa shape index (κ3) is 3.78. The van der Waals surface area contributed by atoms with Crippen molar-refractivity contribution in [3.05, 3.63) is 20.8 Å². The Kier molecular flexibility index (Phi) is 5.63. The van der Waals surface area contributed by atoms with Gasteiger partial charge in [-0.25, -0.2) is 0 Å². The highest BCUT2D eigenvalue weighted by atomic mass is 79.9. The van der Waals surface area contributed by atoms with Crippen molar-refractivity contribution in [1.82, 2.24) is 15.5 Å². The molecule has 2 heterocycles. The Bertz CT molecular complexity index is 363. The molecule has 0 aliphatic carbocycles. The van der Waals surface area contributed by atoms with Crippen molar-refractivity contribution in [1.29, 1.82) is 0 Å². The minimum Gasteiger partial charge on any atom is -0.314 e. The van der Waals surface area contributed by atoms with E-state index in [4.69, 9.17) is 0 Å². The van der Waals surface area contributed by atoms with Crippen molar-refractivity contribution >= 4 is 27.3 Å². The first-order valence-electron chi connectivity index (χ1n) is 6.56. The van der Waals surface area contributed by atoms with Crippen molar-refractivity contribution in [2.45, 2.75) is 13.0 Å². The highest BCUT2D eigenvalue weighted by Crippen LogP contribution is 2.31. The van der Waals surface area contributed by atoms with Gasteiger partial charge in [0.05, 0.1) is 3.79 Å². The molecule has 2 unspecified atom stereocenters. The summed E-state index contributed by atoms with van der Waals surface area (Å²) >= 11 is 5.38. The maximum absolute atomic E-state index is 3.55. The normalized spacial score (nSPS) is 20.8. The van der Waals surface area contributed by atoms with Crippen LogP contribution >= 0.6 is 27.3 Å². The Morgan fingerprint density at radius 3 is 2.72 bits per heavy atom. The molecule has 0 spiro atoms. The van der Waals surface area contributed by atoms with Gasteiger partial charge in [-0.1, -0.05) is 6.92 Å². The molecule has 1 aliphatic heterocycles. The van der Waals surface area contributed by atoms with Gasteiger partial charge in [-0.3, -0.25) is 0 Å². The fourth-order valence-corrected chi connectivity index (χ4v) is 4.28. The third-order valence-corrected chi connectivity index (χ3v) is 5.24. The van der Waals surface area contributed by atoms with E-state index in [-0.39, 0.29) is 0 Å². The second kappa shape index (κ2) is 7.01. The van der Waals surface area contributed by atoms with Gasteiger partial charge in [0.2, 0.25) is 0 Å². The molecule has 2 atom stereocenters. The quantitative estimate of drug-likeness (QED) is 0.867. The smallest absolute Gasteiger partial charge is 0.0701 e. The lowest BCUT2D eigenvalue weighted by molar-refractivity contribution is 0.193. The van der Waals surface area contributed by atoms with E-state index in [0.717, 1.165) is 13.1 Å². The largest absolute Gasteiger partial charge is 0.314 e. The van der Waals surface area contributed by atoms with E-state index < -0.39 is 0 Å². The monoisotopic (exact) mass is 331 g/mol. The van der Waals surface area contributed by atoms with Crippen LogP contribution in [-0.4, -0.2) is 44.7 Å². The number of thiophene rings is 1. The molecular formula is C13H22BrN3S. The first kappa shape index (κ1) is 14.5. The average Bonchev–Trinajstić information content (AvgIpc) is 2.78. The van der Waals surface area contributed by atoms with Crippen molar-refractivity contribution in [2.24, 2.45) is 5.92 Å². The van der Waals surface area contributed by atoms with Gasteiger partial charge < -0.3 is 15.5 Å². The number of hydrogen-bond donors (Lipinski definition) is 2. The van der Waals surface area contributed by atoms with Crippen LogP contribution in [0.3, 0.4) is 0 Å². The first-order chi connectivity index (χ1) is 8.70. The van der Waals surface area contributed by atoms with E-state index in [1.807, 2.05) is 11.3 Å². The van der Waals surface area contributed by atoms with Gasteiger partial charge in [0, 0.05) is 43.6 Å². The van der Waals surface area contributed by atoms with Crippen LogP contribution in [0, 0.1) is 5.92 Å². The number of piperazine rings is 1. The van der Waals surface area contributed by atoms with Gasteiger partial charge in [-0.05, 0) is 41.0 Å². The molecule has 1 saturated heterocycles. The van der Waals surface area contributed by atoms with E-state index in [2.05, 4.69) is 57.6 Å². The molecule has 0 radical (unpaired) electrons. The fraction of sp³-hybridized carbons (Fsp3) is 0.692. The van der Waals surface area contributed by atoms with Gasteiger partial charge in [-0.2, -0.15) is 0 Å². The Labute approximate surface area is 122 Å². The summed E-state index contributed by atoms with van der Waals surface area (Å²) in [6.45, 7) is 8.12. The number of nitrogens with one attached hydrogen (secondary N) is 2. The maximum atomic E-state index is 3.55. The predicted molar refractivity (Wildman–Crippen MR) is 82.3 cm³/mol. The second-order valence-electron chi connectivity index (χ2n) is 4.94. The van der Waals surface area contributed by atoms with Crippen molar-refractivity contribution in [3.8, 4) is 0 Å². The molecule has 0 saturated carbocycles. The van der Waals surface area contributed by atoms with Crippen LogP contribution in [0.2, 0.25) is 0 Å². The molecule has 0 aromatic carbocycles. The summed E-state index contributed by atoms with van der Waals surface area (Å²) in [4.78, 5) is 3.99. The van der Waals surface area contributed by atoms with Crippen LogP contribution in [0.25, 0.3) is 0 Å². The SMILES string of the molecule is CNC(c1ccc(Br)s1)C(C)CN1CCNCC1. The minimum atomic E-state index is 0.455. The summed E-state index contributed by atoms with van der Waals surface area (Å²) < 4.78 is 1.21. The van der Waals surface area contributed by atoms with E-state index in [0.29, 0.717) is 12.0 Å². The predicted octanol–water partition coefficient (Wildman–Crippen LogP) is 2.31. The molecule has 1 aromatic rings. The molecule has 1 aromatic heterocycles. The summed E-state index contributed by atoms with van der Waals surface area (Å²) in [7, 11) is 2.06. The second-order valence-corrected chi connectivity index (χ2v) is 7.43. The number of rotatable bonds is 5. The zero-order chi connectivity index (χ0) is 13.0. The van der Waals surface area contributed by atoms with Gasteiger partial charge in [0.1, 0.15) is 0 Å². The van der Waals surface area contributed by atoms with Crippen LogP contribution in [0.5, 0.6) is 0 Å². The zero-order valence-electron chi connectivity index (χ0n) is 11.1. The molecule has 2 rings (SSSR count). The molecule has 2 N–H and O–H groups in total. The lowest BCUT2D eigenvalue weighted by Gasteiger charge is -2.32. The molecule has 102 valence electrons. The van der Waals surface area contributed by atoms with Crippen LogP contribution in [-0.2, 0) is 0 Å². The minimum absolute atomic E-state index is 0.455. The number of nitrogens with zero attached hydrogens (tertiary/aromatic N) is 1. The van der Waals surface area contributed by atoms with Gasteiger partial charge >= 0.3 is 0 Å². The van der Waals surface area contributed by atoms with Crippen molar-refractivity contribution in [3.63, 3.8) is 0 Å². The Hall–Kier alpha value is 0.0600. The van der Waals surface area contributed by atoms with Gasteiger partial charge in [0.25, 0.3) is 0 Å². The number of halogens is 1. The summed E-state index contributed by atoms with van der Waals surface area (Å²) in [5.74, 6) is 0.624. The van der Waals surface area contributed by atoms with Crippen LogP contribution < -0.4 is 10.6 Å². The summed E-state index contributed by atoms with van der Waals surface area (Å²) in [5, 5.41) is 6.87. The molecule has 3 nitrogen and oxygen atoms in total. The van der Waals surface area contributed by atoms with E-state index in [9.17, 15) is 0 Å². The molecule has 1 fully saturated rings. The Balaban J connectivity index is 1.94. The maximum Gasteiger partial charge on any atom is 0.0701 e. The van der Waals surface area contributed by atoms with Gasteiger partial charge in [-0.15, -0.1) is 11.3 Å². The molecule has 5 heteroatoms. The first-order valence-corrected chi connectivity index (χ1v) is 8.17. The summed E-state index contributed by atoms with van der Waals surface area (Å²) in [6, 6.07) is 4.82. The van der Waals surface area contributed by atoms with Gasteiger partial charge in [0.15, 0.2) is 0 Å². The van der Waals surface area contributed by atoms with E-state index in [1.165, 1.54) is 28.3 Å². The highest BCUT2D eigenvalue weighted by molar-refractivity contribution is 9.11. The Morgan fingerprint density at radius 2 is 2.17 bits per heavy atom. The van der Waals surface area contributed by atoms with E-state index >= 15 is 0 Å². The highest BCUT2D eigenvalue weighted by Gasteiger charge is 2.22. The summed E-state index contributed by atoms with van der Waals surface area (Å²) in [5.41, 5.74) is 0. The standard InChI is InChI=1S/C13H22BrN3S/c1-10(9-17-7-5-16-6-8-17)13(15-2)11-3-4-12(14)18-11/h3-4,10,13,15-16H,5-9H2,1-2H3. The number of hydrogen-bond acceptors (Lipinski definition) is 4. The Morgan fingerprint density at radius 1 is 1.44 bits per heavy atom. The third-order valence-electron chi connectivity index (χ3n) is 3.54. The topological polar surface area (TPSA) is 27.3 Å². The zero-order valence-corrected chi connectivity index (χ0v) is 13.5. The molecule has 0 bridgehead atoms. The van der Waals surface area contributed by atoms with Crippen molar-refractivity contribution in [2.75, 3.05) is 39.8 Å². The van der Waals surface area contributed by atoms with Crippen LogP contribution in [0.4, 0.5) is 0 Å². The summed E-state index contributed by atoms with van der Waals surface area (Å²) in [6.07, 6.45) is 0. The van der Waals surface area contributed by atoms with Crippen LogP contribution in [0.15, 0.2) is 15.9 Å². The lowest BCUT2D eigenvalue weighted by atomic mass is 9.99. The van der Waals surface area contributed by atoms with E-state index in [1.54, 1.807) is 0 Å². The molecule has 18 heavy (non-hydrogen) atoms. The fourth-order valence-electron chi connectivity index (χ4n) is 2.61. The molecule has 1 aliphatic rings. The molecular weight excluding hydrogens is 310 g/mol. The lowest BCUT2D eigenvalue weighted by Crippen LogP contribution is -2.46. The molecule has 0 amide bonds. The average molecular weight is 332 g/mol. The van der Waals surface area contributed by atoms with Crippen LogP contribution in [0.1, 0.15) is 17.8 Å². The van der Waals surface area contributed by atoms with Crippen molar-refractivity contribution < 1.29 is 0 Å².